The maximum absolute atomic E-state index is 5.43. The van der Waals surface area contributed by atoms with E-state index in [1.54, 1.807) is 12.4 Å². The molecule has 4 heterocycles. The lowest BCUT2D eigenvalue weighted by atomic mass is 9.97. The van der Waals surface area contributed by atoms with Gasteiger partial charge in [-0.1, -0.05) is 17.3 Å². The highest BCUT2D eigenvalue weighted by atomic mass is 32.1. The normalized spacial score (nSPS) is 16.1. The summed E-state index contributed by atoms with van der Waals surface area (Å²) in [4.78, 5) is 15.8. The summed E-state index contributed by atoms with van der Waals surface area (Å²) >= 11 is 1.83. The van der Waals surface area contributed by atoms with E-state index in [9.17, 15) is 0 Å². The molecule has 0 unspecified atom stereocenters. The van der Waals surface area contributed by atoms with E-state index in [0.29, 0.717) is 24.2 Å². The highest BCUT2D eigenvalue weighted by Gasteiger charge is 2.24. The van der Waals surface area contributed by atoms with Crippen molar-refractivity contribution in [1.82, 2.24) is 25.0 Å². The van der Waals surface area contributed by atoms with Crippen LogP contribution in [-0.4, -0.2) is 38.1 Å². The molecule has 27 heavy (non-hydrogen) atoms. The Balaban J connectivity index is 1.21. The first-order chi connectivity index (χ1) is 13.3. The summed E-state index contributed by atoms with van der Waals surface area (Å²) in [6.07, 6.45) is 5.71. The zero-order valence-electron chi connectivity index (χ0n) is 14.8. The van der Waals surface area contributed by atoms with Gasteiger partial charge in [-0.25, -0.2) is 4.98 Å². The van der Waals surface area contributed by atoms with Crippen molar-refractivity contribution < 1.29 is 4.52 Å². The Morgan fingerprint density at radius 1 is 1.07 bits per heavy atom. The van der Waals surface area contributed by atoms with Gasteiger partial charge in [-0.15, -0.1) is 11.3 Å². The van der Waals surface area contributed by atoms with Crippen molar-refractivity contribution in [2.75, 3.05) is 13.1 Å². The van der Waals surface area contributed by atoms with Crippen molar-refractivity contribution in [2.45, 2.75) is 25.3 Å². The summed E-state index contributed by atoms with van der Waals surface area (Å²) in [6.45, 7) is 2.73. The smallest absolute Gasteiger partial charge is 0.241 e. The second-order valence-corrected chi connectivity index (χ2v) is 7.89. The molecule has 0 radical (unpaired) electrons. The minimum atomic E-state index is 0.548. The Bertz CT molecular complexity index is 1000. The highest BCUT2D eigenvalue weighted by Crippen LogP contribution is 2.34. The molecule has 0 saturated carbocycles. The summed E-state index contributed by atoms with van der Waals surface area (Å²) in [5.74, 6) is 1.81. The minimum absolute atomic E-state index is 0.548. The molecule has 7 heteroatoms. The van der Waals surface area contributed by atoms with Gasteiger partial charge >= 0.3 is 0 Å². The van der Waals surface area contributed by atoms with E-state index in [0.717, 1.165) is 37.0 Å². The SMILES string of the molecule is c1cncc(-c2noc(CN3CCC(c4nc5ccccc5s4)CC3)n2)c1. The van der Waals surface area contributed by atoms with Gasteiger partial charge < -0.3 is 4.52 Å². The van der Waals surface area contributed by atoms with Crippen LogP contribution in [0.3, 0.4) is 0 Å². The summed E-state index contributed by atoms with van der Waals surface area (Å²) in [7, 11) is 0. The number of thiazole rings is 1. The number of likely N-dealkylation sites (tertiary alicyclic amines) is 1. The van der Waals surface area contributed by atoms with Gasteiger partial charge in [0.05, 0.1) is 21.8 Å². The van der Waals surface area contributed by atoms with Crippen LogP contribution >= 0.6 is 11.3 Å². The number of hydrogen-bond acceptors (Lipinski definition) is 7. The van der Waals surface area contributed by atoms with Crippen molar-refractivity contribution in [3.63, 3.8) is 0 Å². The van der Waals surface area contributed by atoms with Gasteiger partial charge in [-0.3, -0.25) is 9.88 Å². The highest BCUT2D eigenvalue weighted by molar-refractivity contribution is 7.18. The van der Waals surface area contributed by atoms with Crippen LogP contribution in [0.2, 0.25) is 0 Å². The molecule has 1 fully saturated rings. The van der Waals surface area contributed by atoms with E-state index >= 15 is 0 Å². The van der Waals surface area contributed by atoms with Crippen molar-refractivity contribution >= 4 is 21.6 Å². The molecule has 1 aromatic carbocycles. The second-order valence-electron chi connectivity index (χ2n) is 6.82. The quantitative estimate of drug-likeness (QED) is 0.533. The molecule has 6 nitrogen and oxygen atoms in total. The van der Waals surface area contributed by atoms with Gasteiger partial charge in [0, 0.05) is 23.9 Å². The first-order valence-electron chi connectivity index (χ1n) is 9.16. The van der Waals surface area contributed by atoms with E-state index in [1.807, 2.05) is 23.5 Å². The molecule has 4 aromatic rings. The maximum Gasteiger partial charge on any atom is 0.241 e. The fourth-order valence-electron chi connectivity index (χ4n) is 3.53. The van der Waals surface area contributed by atoms with Crippen LogP contribution in [0.4, 0.5) is 0 Å². The molecule has 1 aliphatic heterocycles. The third kappa shape index (κ3) is 3.48. The van der Waals surface area contributed by atoms with Crippen molar-refractivity contribution in [2.24, 2.45) is 0 Å². The van der Waals surface area contributed by atoms with Gasteiger partial charge in [-0.05, 0) is 50.2 Å². The second kappa shape index (κ2) is 7.17. The molecule has 1 aliphatic rings. The van der Waals surface area contributed by atoms with Crippen LogP contribution in [0.5, 0.6) is 0 Å². The average Bonchev–Trinajstić information content (AvgIpc) is 3.36. The third-order valence-corrected chi connectivity index (χ3v) is 6.19. The van der Waals surface area contributed by atoms with Crippen molar-refractivity contribution in [3.8, 4) is 11.4 Å². The van der Waals surface area contributed by atoms with Gasteiger partial charge in [0.2, 0.25) is 11.7 Å². The topological polar surface area (TPSA) is 67.9 Å². The Hall–Kier alpha value is -2.64. The molecule has 3 aromatic heterocycles. The Morgan fingerprint density at radius 3 is 2.78 bits per heavy atom. The Kier molecular flexibility index (Phi) is 4.39. The molecular formula is C20H19N5OS. The van der Waals surface area contributed by atoms with Crippen molar-refractivity contribution in [1.29, 1.82) is 0 Å². The molecule has 0 aliphatic carbocycles. The van der Waals surface area contributed by atoms with Gasteiger partial charge in [-0.2, -0.15) is 4.98 Å². The molecule has 0 N–H and O–H groups in total. The summed E-state index contributed by atoms with van der Waals surface area (Å²) < 4.78 is 6.71. The molecule has 136 valence electrons. The lowest BCUT2D eigenvalue weighted by Crippen LogP contribution is -2.32. The average molecular weight is 377 g/mol. The van der Waals surface area contributed by atoms with E-state index in [4.69, 9.17) is 9.51 Å². The van der Waals surface area contributed by atoms with E-state index < -0.39 is 0 Å². The Labute approximate surface area is 160 Å². The van der Waals surface area contributed by atoms with Crippen LogP contribution < -0.4 is 0 Å². The number of rotatable bonds is 4. The molecule has 0 bridgehead atoms. The third-order valence-electron chi connectivity index (χ3n) is 4.99. The summed E-state index contributed by atoms with van der Waals surface area (Å²) in [6, 6.07) is 12.2. The predicted molar refractivity (Wildman–Crippen MR) is 104 cm³/mol. The van der Waals surface area contributed by atoms with Crippen LogP contribution in [-0.2, 0) is 6.54 Å². The number of piperidine rings is 1. The molecule has 5 rings (SSSR count). The predicted octanol–water partition coefficient (Wildman–Crippen LogP) is 4.12. The lowest BCUT2D eigenvalue weighted by Gasteiger charge is -2.29. The van der Waals surface area contributed by atoms with Crippen LogP contribution in [0.1, 0.15) is 29.7 Å². The number of aromatic nitrogens is 4. The monoisotopic (exact) mass is 377 g/mol. The first-order valence-corrected chi connectivity index (χ1v) is 9.97. The van der Waals surface area contributed by atoms with Crippen LogP contribution in [0.15, 0.2) is 53.3 Å². The van der Waals surface area contributed by atoms with Crippen LogP contribution in [0, 0.1) is 0 Å². The fraction of sp³-hybridized carbons (Fsp3) is 0.300. The number of hydrogen-bond donors (Lipinski definition) is 0. The number of benzene rings is 1. The zero-order valence-corrected chi connectivity index (χ0v) is 15.6. The molecular weight excluding hydrogens is 358 g/mol. The van der Waals surface area contributed by atoms with Crippen molar-refractivity contribution in [3.05, 3.63) is 59.7 Å². The number of nitrogens with zero attached hydrogens (tertiary/aromatic N) is 5. The Morgan fingerprint density at radius 2 is 1.96 bits per heavy atom. The zero-order chi connectivity index (χ0) is 18.1. The van der Waals surface area contributed by atoms with Gasteiger partial charge in [0.25, 0.3) is 0 Å². The van der Waals surface area contributed by atoms with E-state index in [2.05, 4.69) is 44.3 Å². The van der Waals surface area contributed by atoms with Gasteiger partial charge in [0.1, 0.15) is 0 Å². The fourth-order valence-corrected chi connectivity index (χ4v) is 4.66. The number of pyridine rings is 1. The first kappa shape index (κ1) is 16.5. The van der Waals surface area contributed by atoms with Gasteiger partial charge in [0.15, 0.2) is 0 Å². The summed E-state index contributed by atoms with van der Waals surface area (Å²) in [5, 5.41) is 5.35. The number of fused-ring (bicyclic) bond motifs is 1. The minimum Gasteiger partial charge on any atom is -0.338 e. The summed E-state index contributed by atoms with van der Waals surface area (Å²) in [5.41, 5.74) is 2.00. The molecule has 0 amide bonds. The van der Waals surface area contributed by atoms with E-state index in [1.165, 1.54) is 9.71 Å². The maximum atomic E-state index is 5.43. The lowest BCUT2D eigenvalue weighted by molar-refractivity contribution is 0.181. The molecule has 0 atom stereocenters. The molecule has 1 saturated heterocycles. The largest absolute Gasteiger partial charge is 0.338 e. The van der Waals surface area contributed by atoms with Crippen LogP contribution in [0.25, 0.3) is 21.6 Å². The van der Waals surface area contributed by atoms with E-state index in [-0.39, 0.29) is 0 Å². The standard InChI is InChI=1S/C20H19N5OS/c1-2-6-17-16(5-1)22-20(27-17)14-7-10-25(11-8-14)13-18-23-19(24-26-18)15-4-3-9-21-12-15/h1-6,9,12,14H,7-8,10-11,13H2. The molecule has 0 spiro atoms. The number of para-hydroxylation sites is 1.